The van der Waals surface area contributed by atoms with Crippen LogP contribution in [-0.2, 0) is 14.6 Å². The lowest BCUT2D eigenvalue weighted by molar-refractivity contribution is -0.110. The van der Waals surface area contributed by atoms with Crippen molar-refractivity contribution in [1.82, 2.24) is 9.88 Å². The molecule has 2 N–H and O–H groups in total. The summed E-state index contributed by atoms with van der Waals surface area (Å²) in [4.78, 5) is 19.2. The van der Waals surface area contributed by atoms with Gasteiger partial charge in [-0.25, -0.2) is 13.4 Å². The van der Waals surface area contributed by atoms with Gasteiger partial charge >= 0.3 is 0 Å². The number of amides is 1. The molecule has 0 saturated carbocycles. The highest BCUT2D eigenvalue weighted by Crippen LogP contribution is 2.39. The van der Waals surface area contributed by atoms with E-state index in [0.29, 0.717) is 22.7 Å². The second-order valence-electron chi connectivity index (χ2n) is 7.22. The van der Waals surface area contributed by atoms with Gasteiger partial charge in [0.15, 0.2) is 9.84 Å². The lowest BCUT2D eigenvalue weighted by Crippen LogP contribution is -2.29. The largest absolute Gasteiger partial charge is 0.361 e. The van der Waals surface area contributed by atoms with Crippen LogP contribution in [-0.4, -0.2) is 49.6 Å². The summed E-state index contributed by atoms with van der Waals surface area (Å²) in [6, 6.07) is 10.4. The van der Waals surface area contributed by atoms with Crippen LogP contribution in [0.15, 0.2) is 53.0 Å². The molecule has 3 aromatic rings. The third-order valence-corrected chi connectivity index (χ3v) is 8.00. The Bertz CT molecular complexity index is 1240. The van der Waals surface area contributed by atoms with Crippen molar-refractivity contribution in [2.75, 3.05) is 36.0 Å². The summed E-state index contributed by atoms with van der Waals surface area (Å²) in [6.07, 6.45) is 1.66. The Morgan fingerprint density at radius 3 is 2.58 bits per heavy atom. The van der Waals surface area contributed by atoms with E-state index in [4.69, 9.17) is 0 Å². The molecule has 0 bridgehead atoms. The van der Waals surface area contributed by atoms with Gasteiger partial charge in [0.2, 0.25) is 0 Å². The van der Waals surface area contributed by atoms with Crippen LogP contribution in [0.1, 0.15) is 19.4 Å². The van der Waals surface area contributed by atoms with Crippen molar-refractivity contribution < 1.29 is 13.2 Å². The monoisotopic (exact) mass is 456 g/mol. The summed E-state index contributed by atoms with van der Waals surface area (Å²) in [6.45, 7) is 6.21. The molecule has 0 saturated heterocycles. The molecular formula is C22H24N4O3S2. The fourth-order valence-corrected chi connectivity index (χ4v) is 5.70. The number of hydrogen-bond acceptors (Lipinski definition) is 7. The molecule has 0 atom stereocenters. The zero-order chi connectivity index (χ0) is 22.0. The Balaban J connectivity index is 1.51. The fourth-order valence-electron chi connectivity index (χ4n) is 3.56. The number of rotatable bonds is 8. The number of thiazole rings is 1. The molecule has 2 heterocycles. The maximum atomic E-state index is 12.6. The van der Waals surface area contributed by atoms with Crippen molar-refractivity contribution in [2.45, 2.75) is 18.7 Å². The van der Waals surface area contributed by atoms with Crippen molar-refractivity contribution in [3.05, 3.63) is 53.7 Å². The van der Waals surface area contributed by atoms with Gasteiger partial charge in [-0.2, -0.15) is 0 Å². The second kappa shape index (κ2) is 8.78. The van der Waals surface area contributed by atoms with Gasteiger partial charge in [-0.1, -0.05) is 13.8 Å². The van der Waals surface area contributed by atoms with Gasteiger partial charge in [0.1, 0.15) is 0 Å². The molecule has 0 radical (unpaired) electrons. The molecular weight excluding hydrogens is 432 g/mol. The molecule has 1 aromatic heterocycles. The summed E-state index contributed by atoms with van der Waals surface area (Å²) in [5.41, 5.74) is 5.45. The standard InChI is InChI=1S/C22H24N4O3S2/c1-3-26(4-2)11-12-31(28,29)16-7-5-15(6-8-16)23-13-17-20-18(25-22(17)27)9-10-19-21(20)30-14-24-19/h5-10,13-14,23H,3-4,11-12H2,1-2H3,(H,25,27)/b17-13-. The number of nitrogens with zero attached hydrogens (tertiary/aromatic N) is 2. The normalized spacial score (nSPS) is 14.9. The van der Waals surface area contributed by atoms with Gasteiger partial charge in [0.25, 0.3) is 5.91 Å². The van der Waals surface area contributed by atoms with Crippen molar-refractivity contribution in [3.63, 3.8) is 0 Å². The van der Waals surface area contributed by atoms with E-state index in [1.165, 1.54) is 11.3 Å². The topological polar surface area (TPSA) is 91.4 Å². The van der Waals surface area contributed by atoms with Crippen molar-refractivity contribution in [2.24, 2.45) is 0 Å². The van der Waals surface area contributed by atoms with Crippen LogP contribution in [0.25, 0.3) is 15.8 Å². The van der Waals surface area contributed by atoms with E-state index in [1.54, 1.807) is 36.0 Å². The summed E-state index contributed by atoms with van der Waals surface area (Å²) >= 11 is 1.49. The Labute approximate surface area is 185 Å². The van der Waals surface area contributed by atoms with Crippen LogP contribution in [0.5, 0.6) is 0 Å². The lowest BCUT2D eigenvalue weighted by Gasteiger charge is -2.17. The van der Waals surface area contributed by atoms with Crippen LogP contribution in [0.2, 0.25) is 0 Å². The molecule has 2 aromatic carbocycles. The van der Waals surface area contributed by atoms with E-state index < -0.39 is 9.84 Å². The predicted octanol–water partition coefficient (Wildman–Crippen LogP) is 3.82. The molecule has 7 nitrogen and oxygen atoms in total. The number of hydrogen-bond donors (Lipinski definition) is 2. The first-order chi connectivity index (χ1) is 14.9. The molecule has 1 amide bonds. The molecule has 1 aliphatic heterocycles. The first-order valence-corrected chi connectivity index (χ1v) is 12.7. The van der Waals surface area contributed by atoms with Crippen molar-refractivity contribution >= 4 is 54.2 Å². The summed E-state index contributed by atoms with van der Waals surface area (Å²) in [5.74, 6) is -0.0909. The lowest BCUT2D eigenvalue weighted by atomic mass is 10.1. The SMILES string of the molecule is CCN(CC)CCS(=O)(=O)c1ccc(N/C=C2\C(=O)Nc3ccc4ncsc4c32)cc1. The molecule has 9 heteroatoms. The quantitative estimate of drug-likeness (QED) is 0.501. The minimum absolute atomic E-state index is 0.0906. The van der Waals surface area contributed by atoms with E-state index in [9.17, 15) is 13.2 Å². The molecule has 0 aliphatic carbocycles. The number of carbonyl (C=O) groups excluding carboxylic acids is 1. The summed E-state index contributed by atoms with van der Waals surface area (Å²) in [7, 11) is -3.34. The highest BCUT2D eigenvalue weighted by atomic mass is 32.2. The van der Waals surface area contributed by atoms with Crippen molar-refractivity contribution in [3.8, 4) is 0 Å². The first-order valence-electron chi connectivity index (χ1n) is 10.1. The smallest absolute Gasteiger partial charge is 0.257 e. The highest BCUT2D eigenvalue weighted by Gasteiger charge is 2.27. The number of fused-ring (bicyclic) bond motifs is 3. The number of sulfone groups is 1. The maximum Gasteiger partial charge on any atom is 0.257 e. The van der Waals surface area contributed by atoms with E-state index in [2.05, 4.69) is 20.5 Å². The van der Waals surface area contributed by atoms with Crippen molar-refractivity contribution in [1.29, 1.82) is 0 Å². The van der Waals surface area contributed by atoms with E-state index in [-0.39, 0.29) is 11.7 Å². The Kier molecular flexibility index (Phi) is 6.08. The van der Waals surface area contributed by atoms with Gasteiger partial charge in [-0.05, 0) is 49.5 Å². The number of benzene rings is 2. The zero-order valence-electron chi connectivity index (χ0n) is 17.4. The first kappa shape index (κ1) is 21.5. The van der Waals surface area contributed by atoms with Gasteiger partial charge in [-0.15, -0.1) is 11.3 Å². The second-order valence-corrected chi connectivity index (χ2v) is 10.2. The molecule has 0 spiro atoms. The number of anilines is 2. The van der Waals surface area contributed by atoms with Gasteiger partial charge in [0.05, 0.1) is 37.6 Å². The Morgan fingerprint density at radius 1 is 1.13 bits per heavy atom. The third-order valence-electron chi connectivity index (χ3n) is 5.43. The molecule has 1 aliphatic rings. The molecule has 31 heavy (non-hydrogen) atoms. The van der Waals surface area contributed by atoms with Gasteiger partial charge < -0.3 is 15.5 Å². The summed E-state index contributed by atoms with van der Waals surface area (Å²) < 4.78 is 26.2. The average Bonchev–Trinajstić information content (AvgIpc) is 3.36. The third kappa shape index (κ3) is 4.34. The Morgan fingerprint density at radius 2 is 1.87 bits per heavy atom. The fraction of sp³-hybridized carbons (Fsp3) is 0.273. The zero-order valence-corrected chi connectivity index (χ0v) is 19.0. The molecule has 0 fully saturated rings. The minimum Gasteiger partial charge on any atom is -0.361 e. The minimum atomic E-state index is -3.34. The number of carbonyl (C=O) groups is 1. The van der Waals surface area contributed by atoms with E-state index >= 15 is 0 Å². The average molecular weight is 457 g/mol. The molecule has 4 rings (SSSR count). The molecule has 0 unspecified atom stereocenters. The highest BCUT2D eigenvalue weighted by molar-refractivity contribution is 7.91. The van der Waals surface area contributed by atoms with E-state index in [1.807, 2.05) is 26.0 Å². The van der Waals surface area contributed by atoms with Crippen LogP contribution < -0.4 is 10.6 Å². The molecule has 162 valence electrons. The maximum absolute atomic E-state index is 12.6. The number of aromatic nitrogens is 1. The van der Waals surface area contributed by atoms with Crippen LogP contribution in [0, 0.1) is 0 Å². The van der Waals surface area contributed by atoms with Gasteiger partial charge in [-0.3, -0.25) is 4.79 Å². The van der Waals surface area contributed by atoms with Crippen LogP contribution in [0.4, 0.5) is 11.4 Å². The number of nitrogens with one attached hydrogen (secondary N) is 2. The van der Waals surface area contributed by atoms with Crippen LogP contribution in [0.3, 0.4) is 0 Å². The summed E-state index contributed by atoms with van der Waals surface area (Å²) in [5, 5.41) is 6.00. The Hall–Kier alpha value is -2.75. The van der Waals surface area contributed by atoms with E-state index in [0.717, 1.165) is 34.6 Å². The van der Waals surface area contributed by atoms with Crippen LogP contribution >= 0.6 is 11.3 Å². The van der Waals surface area contributed by atoms with Gasteiger partial charge in [0, 0.05) is 24.0 Å². The predicted molar refractivity (Wildman–Crippen MR) is 126 cm³/mol.